The summed E-state index contributed by atoms with van der Waals surface area (Å²) in [6.45, 7) is 0.449. The first-order valence-electron chi connectivity index (χ1n) is 6.02. The molecule has 0 aromatic carbocycles. The van der Waals surface area contributed by atoms with Crippen molar-refractivity contribution in [1.82, 2.24) is 9.78 Å². The van der Waals surface area contributed by atoms with Gasteiger partial charge in [-0.1, -0.05) is 0 Å². The first kappa shape index (κ1) is 13.0. The number of hydrogen-bond acceptors (Lipinski definition) is 2. The molecule has 0 radical (unpaired) electrons. The summed E-state index contributed by atoms with van der Waals surface area (Å²) in [5.41, 5.74) is -1.02. The fourth-order valence-electron chi connectivity index (χ4n) is 2.43. The van der Waals surface area contributed by atoms with Gasteiger partial charge in [0.15, 0.2) is 0 Å². The largest absolute Gasteiger partial charge is 0.481 e. The Bertz CT molecular complexity index is 408. The zero-order valence-corrected chi connectivity index (χ0v) is 9.98. The van der Waals surface area contributed by atoms with Crippen LogP contribution in [0.15, 0.2) is 18.5 Å². The van der Waals surface area contributed by atoms with Crippen LogP contribution in [-0.2, 0) is 11.3 Å². The number of carboxylic acids is 1. The minimum Gasteiger partial charge on any atom is -0.481 e. The number of rotatable bonds is 4. The van der Waals surface area contributed by atoms with Gasteiger partial charge in [0.1, 0.15) is 0 Å². The Morgan fingerprint density at radius 1 is 1.33 bits per heavy atom. The zero-order chi connectivity index (χ0) is 13.2. The number of nitrogens with zero attached hydrogens (tertiary/aromatic N) is 2. The molecule has 0 saturated heterocycles. The van der Waals surface area contributed by atoms with E-state index in [9.17, 15) is 18.7 Å². The van der Waals surface area contributed by atoms with Crippen LogP contribution in [0.25, 0.3) is 0 Å². The Hall–Kier alpha value is -1.46. The van der Waals surface area contributed by atoms with Gasteiger partial charge in [0.25, 0.3) is 0 Å². The molecule has 0 atom stereocenters. The van der Waals surface area contributed by atoms with Crippen LogP contribution in [0.2, 0.25) is 0 Å². The highest BCUT2D eigenvalue weighted by Gasteiger charge is 2.47. The van der Waals surface area contributed by atoms with E-state index in [0.717, 1.165) is 0 Å². The van der Waals surface area contributed by atoms with Gasteiger partial charge in [0.05, 0.1) is 5.41 Å². The maximum atomic E-state index is 13.1. The Morgan fingerprint density at radius 2 is 2.00 bits per heavy atom. The molecule has 0 unspecified atom stereocenters. The summed E-state index contributed by atoms with van der Waals surface area (Å²) < 4.78 is 27.9. The molecule has 1 saturated carbocycles. The number of halogens is 2. The SMILES string of the molecule is O=C(O)C1(CCn2cccn2)CCC(F)(F)CC1. The molecule has 18 heavy (non-hydrogen) atoms. The molecule has 2 rings (SSSR count). The van der Waals surface area contributed by atoms with Crippen LogP contribution in [0.1, 0.15) is 32.1 Å². The van der Waals surface area contributed by atoms with Crippen LogP contribution in [0.4, 0.5) is 8.78 Å². The molecule has 1 aliphatic rings. The number of carbonyl (C=O) groups is 1. The fraction of sp³-hybridized carbons (Fsp3) is 0.667. The molecule has 1 aromatic rings. The van der Waals surface area contributed by atoms with Gasteiger partial charge in [-0.05, 0) is 25.3 Å². The minimum atomic E-state index is -2.70. The zero-order valence-electron chi connectivity index (χ0n) is 9.98. The molecule has 1 fully saturated rings. The van der Waals surface area contributed by atoms with Crippen LogP contribution in [0.5, 0.6) is 0 Å². The van der Waals surface area contributed by atoms with E-state index >= 15 is 0 Å². The van der Waals surface area contributed by atoms with Crippen LogP contribution < -0.4 is 0 Å². The van der Waals surface area contributed by atoms with E-state index in [1.165, 1.54) is 0 Å². The average Bonchev–Trinajstić information content (AvgIpc) is 2.81. The summed E-state index contributed by atoms with van der Waals surface area (Å²) >= 11 is 0. The highest BCUT2D eigenvalue weighted by atomic mass is 19.3. The molecule has 0 spiro atoms. The number of aryl methyl sites for hydroxylation is 1. The number of hydrogen-bond donors (Lipinski definition) is 1. The molecule has 6 heteroatoms. The first-order chi connectivity index (χ1) is 8.44. The lowest BCUT2D eigenvalue weighted by molar-refractivity contribution is -0.157. The van der Waals surface area contributed by atoms with Gasteiger partial charge in [-0.15, -0.1) is 0 Å². The van der Waals surface area contributed by atoms with Crippen molar-refractivity contribution < 1.29 is 18.7 Å². The van der Waals surface area contributed by atoms with Gasteiger partial charge >= 0.3 is 5.97 Å². The normalized spacial score (nSPS) is 21.7. The maximum Gasteiger partial charge on any atom is 0.309 e. The van der Waals surface area contributed by atoms with E-state index in [1.54, 1.807) is 23.1 Å². The van der Waals surface area contributed by atoms with E-state index in [0.29, 0.717) is 13.0 Å². The molecule has 100 valence electrons. The highest BCUT2D eigenvalue weighted by Crippen LogP contribution is 2.46. The van der Waals surface area contributed by atoms with Gasteiger partial charge in [-0.2, -0.15) is 5.10 Å². The summed E-state index contributed by atoms with van der Waals surface area (Å²) in [5, 5.41) is 13.3. The summed E-state index contributed by atoms with van der Waals surface area (Å²) in [7, 11) is 0. The van der Waals surface area contributed by atoms with Crippen LogP contribution in [0, 0.1) is 5.41 Å². The molecule has 1 aliphatic carbocycles. The average molecular weight is 258 g/mol. The predicted octanol–water partition coefficient (Wildman–Crippen LogP) is 2.55. The molecular weight excluding hydrogens is 242 g/mol. The van der Waals surface area contributed by atoms with Gasteiger partial charge in [0, 0.05) is 31.8 Å². The van der Waals surface area contributed by atoms with Gasteiger partial charge < -0.3 is 5.11 Å². The Morgan fingerprint density at radius 3 is 2.50 bits per heavy atom. The lowest BCUT2D eigenvalue weighted by Gasteiger charge is -2.36. The highest BCUT2D eigenvalue weighted by molar-refractivity contribution is 5.74. The third kappa shape index (κ3) is 2.68. The fourth-order valence-corrected chi connectivity index (χ4v) is 2.43. The number of aliphatic carboxylic acids is 1. The summed E-state index contributed by atoms with van der Waals surface area (Å²) in [6, 6.07) is 1.75. The minimum absolute atomic E-state index is 0.0383. The number of aromatic nitrogens is 2. The molecule has 1 heterocycles. The van der Waals surface area contributed by atoms with E-state index in [-0.39, 0.29) is 25.7 Å². The molecular formula is C12H16F2N2O2. The van der Waals surface area contributed by atoms with Crippen molar-refractivity contribution in [1.29, 1.82) is 0 Å². The van der Waals surface area contributed by atoms with Crippen molar-refractivity contribution >= 4 is 5.97 Å². The van der Waals surface area contributed by atoms with Crippen molar-refractivity contribution in [3.05, 3.63) is 18.5 Å². The molecule has 1 N–H and O–H groups in total. The van der Waals surface area contributed by atoms with Crippen LogP contribution in [-0.4, -0.2) is 26.8 Å². The smallest absolute Gasteiger partial charge is 0.309 e. The lowest BCUT2D eigenvalue weighted by Crippen LogP contribution is -2.40. The number of alkyl halides is 2. The van der Waals surface area contributed by atoms with E-state index in [2.05, 4.69) is 5.10 Å². The Balaban J connectivity index is 2.02. The van der Waals surface area contributed by atoms with Crippen molar-refractivity contribution in [3.8, 4) is 0 Å². The maximum absolute atomic E-state index is 13.1. The summed E-state index contributed by atoms with van der Waals surface area (Å²) in [5.74, 6) is -3.67. The Labute approximate surface area is 104 Å². The predicted molar refractivity (Wildman–Crippen MR) is 60.3 cm³/mol. The second kappa shape index (κ2) is 4.66. The van der Waals surface area contributed by atoms with E-state index in [1.807, 2.05) is 0 Å². The van der Waals surface area contributed by atoms with Crippen LogP contribution in [0.3, 0.4) is 0 Å². The topological polar surface area (TPSA) is 55.1 Å². The molecule has 0 bridgehead atoms. The second-order valence-corrected chi connectivity index (χ2v) is 4.96. The monoisotopic (exact) mass is 258 g/mol. The third-order valence-electron chi connectivity index (χ3n) is 3.77. The lowest BCUT2D eigenvalue weighted by atomic mass is 9.70. The van der Waals surface area contributed by atoms with Crippen molar-refractivity contribution in [2.45, 2.75) is 44.6 Å². The molecule has 0 aliphatic heterocycles. The number of carboxylic acid groups (broad SMARTS) is 1. The molecule has 1 aromatic heterocycles. The van der Waals surface area contributed by atoms with Gasteiger partial charge in [0.2, 0.25) is 5.92 Å². The van der Waals surface area contributed by atoms with Gasteiger partial charge in [-0.25, -0.2) is 8.78 Å². The van der Waals surface area contributed by atoms with Gasteiger partial charge in [-0.3, -0.25) is 9.48 Å². The second-order valence-electron chi connectivity index (χ2n) is 4.96. The van der Waals surface area contributed by atoms with E-state index < -0.39 is 17.3 Å². The van der Waals surface area contributed by atoms with Crippen molar-refractivity contribution in [3.63, 3.8) is 0 Å². The molecule has 4 nitrogen and oxygen atoms in total. The Kier molecular flexibility index (Phi) is 3.36. The third-order valence-corrected chi connectivity index (χ3v) is 3.77. The molecule has 0 amide bonds. The standard InChI is InChI=1S/C12H16F2N2O2/c13-12(14)4-2-11(3-5-12,10(17)18)6-9-16-8-1-7-15-16/h1,7-8H,2-6,9H2,(H,17,18). The van der Waals surface area contributed by atoms with Crippen molar-refractivity contribution in [2.24, 2.45) is 5.41 Å². The first-order valence-corrected chi connectivity index (χ1v) is 6.02. The summed E-state index contributed by atoms with van der Waals surface area (Å²) in [6.07, 6.45) is 3.11. The van der Waals surface area contributed by atoms with E-state index in [4.69, 9.17) is 0 Å². The van der Waals surface area contributed by atoms with Crippen LogP contribution >= 0.6 is 0 Å². The summed E-state index contributed by atoms with van der Waals surface area (Å²) in [4.78, 5) is 11.4. The quantitative estimate of drug-likeness (QED) is 0.903. The van der Waals surface area contributed by atoms with Crippen molar-refractivity contribution in [2.75, 3.05) is 0 Å².